The average molecular weight is 230 g/mol. The first kappa shape index (κ1) is 14.7. The molecule has 0 radical (unpaired) electrons. The molecule has 0 aliphatic rings. The van der Waals surface area contributed by atoms with Gasteiger partial charge in [0.1, 0.15) is 0 Å². The highest BCUT2D eigenvalue weighted by atomic mass is 16.2. The SMILES string of the molecule is CCNCCC(=O)NCCNC(=O)N(C)C. The zero-order valence-corrected chi connectivity index (χ0v) is 10.3. The summed E-state index contributed by atoms with van der Waals surface area (Å²) >= 11 is 0. The number of amides is 3. The molecule has 0 saturated carbocycles. The number of carbonyl (C=O) groups excluding carboxylic acids is 2. The molecule has 0 rings (SSSR count). The minimum absolute atomic E-state index is 0.0000482. The summed E-state index contributed by atoms with van der Waals surface area (Å²) in [7, 11) is 3.34. The van der Waals surface area contributed by atoms with Crippen molar-refractivity contribution in [3.63, 3.8) is 0 Å². The Labute approximate surface area is 96.8 Å². The molecule has 0 spiro atoms. The van der Waals surface area contributed by atoms with Gasteiger partial charge in [0, 0.05) is 40.2 Å². The molecular formula is C10H22N4O2. The Bertz CT molecular complexity index is 219. The summed E-state index contributed by atoms with van der Waals surface area (Å²) in [5.41, 5.74) is 0. The van der Waals surface area contributed by atoms with Gasteiger partial charge >= 0.3 is 6.03 Å². The lowest BCUT2D eigenvalue weighted by molar-refractivity contribution is -0.120. The molecule has 0 unspecified atom stereocenters. The lowest BCUT2D eigenvalue weighted by Crippen LogP contribution is -2.40. The van der Waals surface area contributed by atoms with E-state index in [-0.39, 0.29) is 11.9 Å². The summed E-state index contributed by atoms with van der Waals surface area (Å²) in [6.45, 7) is 4.46. The van der Waals surface area contributed by atoms with E-state index in [0.717, 1.165) is 6.54 Å². The molecule has 0 bridgehead atoms. The molecule has 0 heterocycles. The van der Waals surface area contributed by atoms with Crippen molar-refractivity contribution in [1.82, 2.24) is 20.9 Å². The summed E-state index contributed by atoms with van der Waals surface area (Å²) in [4.78, 5) is 23.8. The fraction of sp³-hybridized carbons (Fsp3) is 0.800. The first-order valence-electron chi connectivity index (χ1n) is 5.50. The summed E-state index contributed by atoms with van der Waals surface area (Å²) in [6.07, 6.45) is 0.468. The monoisotopic (exact) mass is 230 g/mol. The predicted octanol–water partition coefficient (Wildman–Crippen LogP) is -0.627. The van der Waals surface area contributed by atoms with Gasteiger partial charge in [-0.05, 0) is 6.54 Å². The van der Waals surface area contributed by atoms with Crippen LogP contribution in [0.2, 0.25) is 0 Å². The van der Waals surface area contributed by atoms with E-state index in [2.05, 4.69) is 16.0 Å². The van der Waals surface area contributed by atoms with Crippen molar-refractivity contribution in [2.75, 3.05) is 40.3 Å². The highest BCUT2D eigenvalue weighted by Crippen LogP contribution is 1.78. The second kappa shape index (κ2) is 8.96. The molecule has 3 N–H and O–H groups in total. The van der Waals surface area contributed by atoms with E-state index < -0.39 is 0 Å². The summed E-state index contributed by atoms with van der Waals surface area (Å²) < 4.78 is 0. The van der Waals surface area contributed by atoms with Gasteiger partial charge in [0.2, 0.25) is 5.91 Å². The molecule has 6 heteroatoms. The smallest absolute Gasteiger partial charge is 0.316 e. The number of nitrogens with zero attached hydrogens (tertiary/aromatic N) is 1. The molecule has 0 saturated heterocycles. The van der Waals surface area contributed by atoms with Crippen molar-refractivity contribution in [2.24, 2.45) is 0 Å². The maximum absolute atomic E-state index is 11.2. The molecule has 0 aromatic heterocycles. The van der Waals surface area contributed by atoms with E-state index in [4.69, 9.17) is 0 Å². The Morgan fingerprint density at radius 1 is 1.06 bits per heavy atom. The fourth-order valence-corrected chi connectivity index (χ4v) is 0.997. The largest absolute Gasteiger partial charge is 0.354 e. The van der Waals surface area contributed by atoms with E-state index in [0.29, 0.717) is 26.1 Å². The lowest BCUT2D eigenvalue weighted by Gasteiger charge is -2.12. The van der Waals surface area contributed by atoms with E-state index in [1.54, 1.807) is 14.1 Å². The maximum Gasteiger partial charge on any atom is 0.316 e. The third-order valence-electron chi connectivity index (χ3n) is 1.91. The highest BCUT2D eigenvalue weighted by Gasteiger charge is 2.02. The van der Waals surface area contributed by atoms with Crippen LogP contribution in [0.15, 0.2) is 0 Å². The van der Waals surface area contributed by atoms with Crippen LogP contribution in [-0.4, -0.2) is 57.1 Å². The van der Waals surface area contributed by atoms with E-state index in [1.807, 2.05) is 6.92 Å². The first-order valence-corrected chi connectivity index (χ1v) is 5.50. The van der Waals surface area contributed by atoms with Gasteiger partial charge < -0.3 is 20.9 Å². The maximum atomic E-state index is 11.2. The van der Waals surface area contributed by atoms with Crippen molar-refractivity contribution in [3.8, 4) is 0 Å². The molecule has 6 nitrogen and oxygen atoms in total. The fourth-order valence-electron chi connectivity index (χ4n) is 0.997. The molecule has 94 valence electrons. The van der Waals surface area contributed by atoms with Crippen LogP contribution in [0.4, 0.5) is 4.79 Å². The highest BCUT2D eigenvalue weighted by molar-refractivity contribution is 5.76. The van der Waals surface area contributed by atoms with Gasteiger partial charge in [-0.2, -0.15) is 0 Å². The molecule has 0 aromatic rings. The Kier molecular flexibility index (Phi) is 8.24. The van der Waals surface area contributed by atoms with Gasteiger partial charge in [-0.1, -0.05) is 6.92 Å². The number of urea groups is 1. The molecule has 3 amide bonds. The molecule has 0 aromatic carbocycles. The average Bonchev–Trinajstić information content (AvgIpc) is 2.24. The van der Waals surface area contributed by atoms with Crippen LogP contribution in [0.25, 0.3) is 0 Å². The van der Waals surface area contributed by atoms with Crippen LogP contribution in [-0.2, 0) is 4.79 Å². The third-order valence-corrected chi connectivity index (χ3v) is 1.91. The van der Waals surface area contributed by atoms with Gasteiger partial charge in [0.25, 0.3) is 0 Å². The minimum Gasteiger partial charge on any atom is -0.354 e. The Morgan fingerprint density at radius 2 is 1.69 bits per heavy atom. The number of carbonyl (C=O) groups is 2. The van der Waals surface area contributed by atoms with Crippen LogP contribution in [0.3, 0.4) is 0 Å². The topological polar surface area (TPSA) is 73.5 Å². The zero-order chi connectivity index (χ0) is 12.4. The molecule has 0 fully saturated rings. The van der Waals surface area contributed by atoms with Crippen molar-refractivity contribution in [1.29, 1.82) is 0 Å². The summed E-state index contributed by atoms with van der Waals surface area (Å²) in [5.74, 6) is 0.0000482. The summed E-state index contributed by atoms with van der Waals surface area (Å²) in [6, 6.07) is -0.151. The normalized spacial score (nSPS) is 9.69. The van der Waals surface area contributed by atoms with Crippen molar-refractivity contribution >= 4 is 11.9 Å². The Morgan fingerprint density at radius 3 is 2.25 bits per heavy atom. The first-order chi connectivity index (χ1) is 7.57. The molecule has 0 aliphatic carbocycles. The zero-order valence-electron chi connectivity index (χ0n) is 10.3. The van der Waals surface area contributed by atoms with Gasteiger partial charge in [-0.25, -0.2) is 4.79 Å². The quantitative estimate of drug-likeness (QED) is 0.510. The van der Waals surface area contributed by atoms with Crippen LogP contribution < -0.4 is 16.0 Å². The van der Waals surface area contributed by atoms with Gasteiger partial charge in [0.15, 0.2) is 0 Å². The number of rotatable bonds is 7. The number of nitrogens with one attached hydrogen (secondary N) is 3. The van der Waals surface area contributed by atoms with E-state index in [1.165, 1.54) is 4.90 Å². The van der Waals surface area contributed by atoms with Crippen molar-refractivity contribution in [3.05, 3.63) is 0 Å². The van der Waals surface area contributed by atoms with Crippen LogP contribution in [0.5, 0.6) is 0 Å². The van der Waals surface area contributed by atoms with Crippen molar-refractivity contribution in [2.45, 2.75) is 13.3 Å². The molecule has 16 heavy (non-hydrogen) atoms. The lowest BCUT2D eigenvalue weighted by atomic mass is 10.4. The minimum atomic E-state index is -0.151. The predicted molar refractivity (Wildman–Crippen MR) is 63.3 cm³/mol. The second-order valence-corrected chi connectivity index (χ2v) is 3.58. The molecular weight excluding hydrogens is 208 g/mol. The number of hydrogen-bond acceptors (Lipinski definition) is 3. The number of hydrogen-bond donors (Lipinski definition) is 3. The Balaban J connectivity index is 3.37. The van der Waals surface area contributed by atoms with Crippen LogP contribution >= 0.6 is 0 Å². The molecule has 0 atom stereocenters. The van der Waals surface area contributed by atoms with Crippen molar-refractivity contribution < 1.29 is 9.59 Å². The summed E-state index contributed by atoms with van der Waals surface area (Å²) in [5, 5.41) is 8.45. The van der Waals surface area contributed by atoms with Crippen LogP contribution in [0, 0.1) is 0 Å². The van der Waals surface area contributed by atoms with E-state index in [9.17, 15) is 9.59 Å². The third kappa shape index (κ3) is 8.05. The van der Waals surface area contributed by atoms with E-state index >= 15 is 0 Å². The Hall–Kier alpha value is -1.30. The van der Waals surface area contributed by atoms with Gasteiger partial charge in [-0.15, -0.1) is 0 Å². The second-order valence-electron chi connectivity index (χ2n) is 3.58. The van der Waals surface area contributed by atoms with Crippen LogP contribution in [0.1, 0.15) is 13.3 Å². The standard InChI is InChI=1S/C10H22N4O2/c1-4-11-6-5-9(15)12-7-8-13-10(16)14(2)3/h11H,4-8H2,1-3H3,(H,12,15)(H,13,16). The van der Waals surface area contributed by atoms with Gasteiger partial charge in [0.05, 0.1) is 0 Å². The molecule has 0 aliphatic heterocycles. The van der Waals surface area contributed by atoms with Gasteiger partial charge in [-0.3, -0.25) is 4.79 Å².